The predicted molar refractivity (Wildman–Crippen MR) is 96.9 cm³/mol. The van der Waals surface area contributed by atoms with E-state index in [4.69, 9.17) is 4.74 Å². The van der Waals surface area contributed by atoms with Gasteiger partial charge in [0.25, 0.3) is 5.91 Å². The van der Waals surface area contributed by atoms with Gasteiger partial charge in [-0.3, -0.25) is 4.79 Å². The Hall–Kier alpha value is -2.68. The Balaban J connectivity index is 1.63. The monoisotopic (exact) mass is 376 g/mol. The molecule has 2 heterocycles. The first kappa shape index (κ1) is 18.1. The highest BCUT2D eigenvalue weighted by Crippen LogP contribution is 2.18. The number of amides is 1. The first-order valence-corrected chi connectivity index (χ1v) is 9.98. The lowest BCUT2D eigenvalue weighted by atomic mass is 10.2. The van der Waals surface area contributed by atoms with Gasteiger partial charge in [-0.1, -0.05) is 18.2 Å². The van der Waals surface area contributed by atoms with Crippen molar-refractivity contribution in [1.29, 1.82) is 0 Å². The lowest BCUT2D eigenvalue weighted by Crippen LogP contribution is -2.25. The summed E-state index contributed by atoms with van der Waals surface area (Å²) in [6.45, 7) is 0.302. The molecule has 0 saturated carbocycles. The number of sulfone groups is 1. The Morgan fingerprint density at radius 1 is 1.31 bits per heavy atom. The van der Waals surface area contributed by atoms with Gasteiger partial charge in [0.1, 0.15) is 23.6 Å². The first-order chi connectivity index (χ1) is 12.5. The maximum atomic E-state index is 12.3. The van der Waals surface area contributed by atoms with Crippen LogP contribution < -0.4 is 15.4 Å². The zero-order valence-corrected chi connectivity index (χ0v) is 15.1. The van der Waals surface area contributed by atoms with Gasteiger partial charge in [0, 0.05) is 24.2 Å². The minimum absolute atomic E-state index is 0.0757. The smallest absolute Gasteiger partial charge is 0.270 e. The maximum absolute atomic E-state index is 12.3. The van der Waals surface area contributed by atoms with Crippen molar-refractivity contribution in [3.63, 3.8) is 0 Å². The largest absolute Gasteiger partial charge is 0.496 e. The average Bonchev–Trinajstić information content (AvgIpc) is 2.98. The van der Waals surface area contributed by atoms with Crippen molar-refractivity contribution in [2.75, 3.05) is 23.9 Å². The van der Waals surface area contributed by atoms with E-state index in [1.165, 1.54) is 12.4 Å². The summed E-state index contributed by atoms with van der Waals surface area (Å²) >= 11 is 0. The van der Waals surface area contributed by atoms with Crippen LogP contribution >= 0.6 is 0 Å². The number of nitrogens with zero attached hydrogens (tertiary/aromatic N) is 2. The van der Waals surface area contributed by atoms with Crippen LogP contribution in [-0.2, 0) is 16.4 Å². The van der Waals surface area contributed by atoms with Gasteiger partial charge in [0.05, 0.1) is 18.6 Å². The number of rotatable bonds is 6. The van der Waals surface area contributed by atoms with Crippen molar-refractivity contribution in [1.82, 2.24) is 15.3 Å². The Bertz CT molecular complexity index is 901. The number of anilines is 1. The van der Waals surface area contributed by atoms with E-state index in [1.807, 2.05) is 24.3 Å². The normalized spacial score (nSPS) is 18.3. The molecule has 0 spiro atoms. The molecule has 9 heteroatoms. The number of aromatic nitrogens is 2. The molecule has 1 fully saturated rings. The Kier molecular flexibility index (Phi) is 5.36. The third-order valence-electron chi connectivity index (χ3n) is 4.12. The van der Waals surface area contributed by atoms with Gasteiger partial charge in [-0.2, -0.15) is 0 Å². The molecule has 1 aromatic carbocycles. The molecule has 1 amide bonds. The molecule has 138 valence electrons. The van der Waals surface area contributed by atoms with Crippen LogP contribution in [0.15, 0.2) is 36.7 Å². The second kappa shape index (κ2) is 7.69. The Morgan fingerprint density at radius 2 is 2.12 bits per heavy atom. The predicted octanol–water partition coefficient (Wildman–Crippen LogP) is 1.01. The highest BCUT2D eigenvalue weighted by atomic mass is 32.2. The van der Waals surface area contributed by atoms with Crippen LogP contribution in [0.25, 0.3) is 0 Å². The minimum Gasteiger partial charge on any atom is -0.496 e. The number of hydrogen-bond acceptors (Lipinski definition) is 7. The Morgan fingerprint density at radius 3 is 2.85 bits per heavy atom. The van der Waals surface area contributed by atoms with E-state index in [-0.39, 0.29) is 29.1 Å². The molecule has 2 N–H and O–H groups in total. The van der Waals surface area contributed by atoms with Gasteiger partial charge in [-0.15, -0.1) is 0 Å². The second-order valence-corrected chi connectivity index (χ2v) is 8.26. The Labute approximate surface area is 151 Å². The molecule has 1 aromatic heterocycles. The van der Waals surface area contributed by atoms with Gasteiger partial charge in [-0.05, 0) is 12.5 Å². The number of carbonyl (C=O) groups excluding carboxylic acids is 1. The quantitative estimate of drug-likeness (QED) is 0.774. The van der Waals surface area contributed by atoms with E-state index in [0.29, 0.717) is 24.5 Å². The summed E-state index contributed by atoms with van der Waals surface area (Å²) in [4.78, 5) is 20.4. The zero-order chi connectivity index (χ0) is 18.6. The van der Waals surface area contributed by atoms with E-state index in [9.17, 15) is 13.2 Å². The van der Waals surface area contributed by atoms with Crippen LogP contribution in [0.3, 0.4) is 0 Å². The molecule has 1 atom stereocenters. The molecule has 0 radical (unpaired) electrons. The van der Waals surface area contributed by atoms with Crippen LogP contribution in [0, 0.1) is 0 Å². The van der Waals surface area contributed by atoms with Crippen molar-refractivity contribution in [2.45, 2.75) is 19.0 Å². The fraction of sp³-hybridized carbons (Fsp3) is 0.353. The van der Waals surface area contributed by atoms with Gasteiger partial charge in [-0.25, -0.2) is 18.4 Å². The number of methoxy groups -OCH3 is 1. The lowest BCUT2D eigenvalue weighted by Gasteiger charge is -2.12. The molecular weight excluding hydrogens is 356 g/mol. The molecule has 2 aromatic rings. The summed E-state index contributed by atoms with van der Waals surface area (Å²) in [5.41, 5.74) is 1.06. The molecule has 1 aliphatic rings. The fourth-order valence-corrected chi connectivity index (χ4v) is 4.47. The fourth-order valence-electron chi connectivity index (χ4n) is 2.79. The summed E-state index contributed by atoms with van der Waals surface area (Å²) < 4.78 is 28.3. The van der Waals surface area contributed by atoms with Crippen LogP contribution in [-0.4, -0.2) is 49.0 Å². The molecule has 1 aliphatic heterocycles. The van der Waals surface area contributed by atoms with E-state index in [2.05, 4.69) is 20.6 Å². The number of ether oxygens (including phenoxy) is 1. The molecule has 8 nitrogen and oxygen atoms in total. The molecule has 1 saturated heterocycles. The van der Waals surface area contributed by atoms with Crippen LogP contribution in [0.5, 0.6) is 5.75 Å². The number of para-hydroxylation sites is 1. The summed E-state index contributed by atoms with van der Waals surface area (Å²) in [5, 5.41) is 5.84. The van der Waals surface area contributed by atoms with Crippen molar-refractivity contribution in [3.05, 3.63) is 47.9 Å². The van der Waals surface area contributed by atoms with Crippen molar-refractivity contribution < 1.29 is 17.9 Å². The first-order valence-electron chi connectivity index (χ1n) is 8.16. The maximum Gasteiger partial charge on any atom is 0.270 e. The molecule has 0 bridgehead atoms. The number of carbonyl (C=O) groups is 1. The summed E-state index contributed by atoms with van der Waals surface area (Å²) in [7, 11) is -1.41. The van der Waals surface area contributed by atoms with Crippen LogP contribution in [0.4, 0.5) is 5.82 Å². The van der Waals surface area contributed by atoms with Gasteiger partial charge in [0.2, 0.25) is 0 Å². The van der Waals surface area contributed by atoms with E-state index >= 15 is 0 Å². The minimum atomic E-state index is -2.98. The third-order valence-corrected chi connectivity index (χ3v) is 5.88. The van der Waals surface area contributed by atoms with Crippen LogP contribution in [0.1, 0.15) is 22.5 Å². The molecule has 1 unspecified atom stereocenters. The summed E-state index contributed by atoms with van der Waals surface area (Å²) in [6, 6.07) is 8.74. The number of nitrogens with one attached hydrogen (secondary N) is 2. The molecule has 26 heavy (non-hydrogen) atoms. The number of benzene rings is 1. The van der Waals surface area contributed by atoms with Crippen molar-refractivity contribution in [3.8, 4) is 5.75 Å². The van der Waals surface area contributed by atoms with Gasteiger partial charge >= 0.3 is 0 Å². The standard InChI is InChI=1S/C17H20N4O4S/c1-25-15-5-3-2-4-12(15)9-18-17(22)14-8-16(20-11-19-14)21-13-6-7-26(23,24)10-13/h2-5,8,11,13H,6-7,9-10H2,1H3,(H,18,22)(H,19,20,21). The van der Waals surface area contributed by atoms with Gasteiger partial charge < -0.3 is 15.4 Å². The topological polar surface area (TPSA) is 110 Å². The van der Waals surface area contributed by atoms with Crippen LogP contribution in [0.2, 0.25) is 0 Å². The second-order valence-electron chi connectivity index (χ2n) is 6.03. The number of hydrogen-bond donors (Lipinski definition) is 2. The van der Waals surface area contributed by atoms with E-state index in [0.717, 1.165) is 5.56 Å². The van der Waals surface area contributed by atoms with E-state index in [1.54, 1.807) is 7.11 Å². The van der Waals surface area contributed by atoms with Crippen molar-refractivity contribution >= 4 is 21.6 Å². The lowest BCUT2D eigenvalue weighted by molar-refractivity contribution is 0.0945. The molecular formula is C17H20N4O4S. The SMILES string of the molecule is COc1ccccc1CNC(=O)c1cc(NC2CCS(=O)(=O)C2)ncn1. The molecule has 0 aliphatic carbocycles. The average molecular weight is 376 g/mol. The van der Waals surface area contributed by atoms with Crippen molar-refractivity contribution in [2.24, 2.45) is 0 Å². The van der Waals surface area contributed by atoms with E-state index < -0.39 is 9.84 Å². The summed E-state index contributed by atoms with van der Waals surface area (Å²) in [5.74, 6) is 1.03. The third kappa shape index (κ3) is 4.48. The van der Waals surface area contributed by atoms with Gasteiger partial charge in [0.15, 0.2) is 9.84 Å². The highest BCUT2D eigenvalue weighted by molar-refractivity contribution is 7.91. The zero-order valence-electron chi connectivity index (χ0n) is 14.3. The highest BCUT2D eigenvalue weighted by Gasteiger charge is 2.28. The summed E-state index contributed by atoms with van der Waals surface area (Å²) in [6.07, 6.45) is 1.81. The molecule has 3 rings (SSSR count).